The maximum atomic E-state index is 14.2. The molecule has 1 unspecified atom stereocenters. The summed E-state index contributed by atoms with van der Waals surface area (Å²) in [4.78, 5) is 13.4. The van der Waals surface area contributed by atoms with E-state index in [0.29, 0.717) is 27.9 Å². The molecule has 0 spiro atoms. The molecule has 6 nitrogen and oxygen atoms in total. The zero-order valence-corrected chi connectivity index (χ0v) is 20.1. The fourth-order valence-corrected chi connectivity index (χ4v) is 4.55. The predicted molar refractivity (Wildman–Crippen MR) is 135 cm³/mol. The number of benzene rings is 3. The van der Waals surface area contributed by atoms with Gasteiger partial charge in [0.1, 0.15) is 23.0 Å². The van der Waals surface area contributed by atoms with E-state index in [1.807, 2.05) is 44.4 Å². The second-order valence-corrected chi connectivity index (χ2v) is 8.95. The Hall–Kier alpha value is -4.51. The first-order chi connectivity index (χ1) is 17.2. The molecule has 0 aliphatic heterocycles. The molecule has 0 fully saturated rings. The average Bonchev–Trinajstić information content (AvgIpc) is 3.23. The second-order valence-electron chi connectivity index (χ2n) is 8.95. The van der Waals surface area contributed by atoms with Gasteiger partial charge in [0.2, 0.25) is 0 Å². The van der Waals surface area contributed by atoms with Crippen molar-refractivity contribution in [2.45, 2.75) is 26.8 Å². The van der Waals surface area contributed by atoms with E-state index in [1.165, 1.54) is 6.07 Å². The molecule has 1 N–H and O–H groups in total. The molecule has 0 saturated heterocycles. The van der Waals surface area contributed by atoms with Gasteiger partial charge < -0.3 is 9.73 Å². The van der Waals surface area contributed by atoms with Crippen molar-refractivity contribution < 1.29 is 13.2 Å². The lowest BCUT2D eigenvalue weighted by Crippen LogP contribution is -2.13. The molecule has 1 atom stereocenters. The summed E-state index contributed by atoms with van der Waals surface area (Å²) < 4.78 is 35.9. The molecule has 0 bridgehead atoms. The Bertz CT molecular complexity index is 1780. The van der Waals surface area contributed by atoms with Crippen LogP contribution in [-0.4, -0.2) is 9.78 Å². The summed E-state index contributed by atoms with van der Waals surface area (Å²) in [6.07, 6.45) is 1.89. The minimum absolute atomic E-state index is 0.148. The van der Waals surface area contributed by atoms with E-state index in [9.17, 15) is 18.8 Å². The zero-order chi connectivity index (χ0) is 25.7. The first-order valence-electron chi connectivity index (χ1n) is 11.3. The van der Waals surface area contributed by atoms with Gasteiger partial charge >= 0.3 is 0 Å². The van der Waals surface area contributed by atoms with E-state index >= 15 is 0 Å². The van der Waals surface area contributed by atoms with Crippen LogP contribution < -0.4 is 10.7 Å². The monoisotopic (exact) mass is 484 g/mol. The lowest BCUT2D eigenvalue weighted by molar-refractivity contribution is 0.506. The summed E-state index contributed by atoms with van der Waals surface area (Å²) in [7, 11) is 1.84. The summed E-state index contributed by atoms with van der Waals surface area (Å²) >= 11 is 0. The van der Waals surface area contributed by atoms with E-state index in [4.69, 9.17) is 4.42 Å². The van der Waals surface area contributed by atoms with Gasteiger partial charge in [-0.25, -0.2) is 8.78 Å². The number of nitrogens with one attached hydrogen (secondary N) is 1. The van der Waals surface area contributed by atoms with E-state index in [2.05, 4.69) is 10.4 Å². The van der Waals surface area contributed by atoms with Gasteiger partial charge in [-0.05, 0) is 62.7 Å². The summed E-state index contributed by atoms with van der Waals surface area (Å²) in [5.74, 6) is -1.86. The molecule has 0 aliphatic rings. The summed E-state index contributed by atoms with van der Waals surface area (Å²) in [5.41, 5.74) is 3.51. The van der Waals surface area contributed by atoms with Crippen molar-refractivity contribution >= 4 is 27.6 Å². The molecule has 0 radical (unpaired) electrons. The Labute approximate surface area is 205 Å². The molecule has 36 heavy (non-hydrogen) atoms. The number of aromatic nitrogens is 2. The fourth-order valence-electron chi connectivity index (χ4n) is 4.55. The first-order valence-corrected chi connectivity index (χ1v) is 11.3. The third kappa shape index (κ3) is 3.79. The smallest absolute Gasteiger partial charge is 0.196 e. The van der Waals surface area contributed by atoms with E-state index < -0.39 is 23.2 Å². The van der Waals surface area contributed by atoms with Crippen molar-refractivity contribution in [3.8, 4) is 17.4 Å². The number of nitriles is 1. The number of aryl methyl sites for hydroxylation is 2. The molecule has 0 saturated carbocycles. The van der Waals surface area contributed by atoms with E-state index in [1.54, 1.807) is 30.7 Å². The average molecular weight is 485 g/mol. The van der Waals surface area contributed by atoms with Crippen LogP contribution in [-0.2, 0) is 7.05 Å². The number of fused-ring (bicyclic) bond motifs is 2. The molecule has 0 amide bonds. The van der Waals surface area contributed by atoms with Gasteiger partial charge in [-0.3, -0.25) is 9.48 Å². The molecule has 5 rings (SSSR count). The topological polar surface area (TPSA) is 83.8 Å². The SMILES string of the molecule is Cc1cc(C(C)Nc2ccc(F)c(F)c2C#N)c2oc(-c3ccc4nn(C)cc4c3)c(C)c(=O)c2c1. The molecular formula is C28H22F2N4O2. The molecule has 5 aromatic rings. The number of hydrogen-bond donors (Lipinski definition) is 1. The van der Waals surface area contributed by atoms with Crippen LogP contribution in [0.4, 0.5) is 14.5 Å². The largest absolute Gasteiger partial charge is 0.455 e. The summed E-state index contributed by atoms with van der Waals surface area (Å²) in [5, 5.41) is 18.2. The Morgan fingerprint density at radius 2 is 1.92 bits per heavy atom. The van der Waals surface area contributed by atoms with Crippen LogP contribution in [0.5, 0.6) is 0 Å². The van der Waals surface area contributed by atoms with Crippen molar-refractivity contribution in [2.24, 2.45) is 7.05 Å². The van der Waals surface area contributed by atoms with E-state index in [-0.39, 0.29) is 11.1 Å². The van der Waals surface area contributed by atoms with Crippen LogP contribution in [0.25, 0.3) is 33.2 Å². The van der Waals surface area contributed by atoms with Crippen molar-refractivity contribution in [2.75, 3.05) is 5.32 Å². The van der Waals surface area contributed by atoms with Gasteiger partial charge in [0, 0.05) is 35.3 Å². The highest BCUT2D eigenvalue weighted by atomic mass is 19.2. The quantitative estimate of drug-likeness (QED) is 0.324. The van der Waals surface area contributed by atoms with Crippen molar-refractivity contribution in [3.05, 3.63) is 92.8 Å². The Morgan fingerprint density at radius 3 is 2.67 bits per heavy atom. The minimum Gasteiger partial charge on any atom is -0.455 e. The standard InChI is InChI=1S/C28H22F2N4O2/c1-14-9-19(16(3)32-24-8-6-22(29)25(30)21(24)12-31)28-20(10-14)26(35)15(2)27(36-28)17-5-7-23-18(11-17)13-34(4)33-23/h5-11,13,16,32H,1-4H3. The number of nitrogens with zero attached hydrogens (tertiary/aromatic N) is 3. The molecule has 0 aliphatic carbocycles. The van der Waals surface area contributed by atoms with Gasteiger partial charge in [-0.15, -0.1) is 0 Å². The van der Waals surface area contributed by atoms with Gasteiger partial charge in [0.25, 0.3) is 0 Å². The third-order valence-electron chi connectivity index (χ3n) is 6.32. The van der Waals surface area contributed by atoms with Crippen LogP contribution in [0.3, 0.4) is 0 Å². The number of hydrogen-bond acceptors (Lipinski definition) is 5. The number of halogens is 2. The van der Waals surface area contributed by atoms with E-state index in [0.717, 1.165) is 28.1 Å². The highest BCUT2D eigenvalue weighted by Gasteiger charge is 2.21. The van der Waals surface area contributed by atoms with Crippen LogP contribution in [0.15, 0.2) is 57.9 Å². The van der Waals surface area contributed by atoms with Gasteiger partial charge in [-0.2, -0.15) is 10.4 Å². The Morgan fingerprint density at radius 1 is 1.14 bits per heavy atom. The number of anilines is 1. The zero-order valence-electron chi connectivity index (χ0n) is 20.1. The molecular weight excluding hydrogens is 462 g/mol. The summed E-state index contributed by atoms with van der Waals surface area (Å²) in [6.45, 7) is 5.41. The lowest BCUT2D eigenvalue weighted by atomic mass is 9.98. The highest BCUT2D eigenvalue weighted by molar-refractivity contribution is 5.87. The lowest BCUT2D eigenvalue weighted by Gasteiger charge is -2.19. The normalized spacial score (nSPS) is 12.1. The molecule has 2 aromatic heterocycles. The fraction of sp³-hybridized carbons (Fsp3) is 0.179. The maximum Gasteiger partial charge on any atom is 0.196 e. The Balaban J connectivity index is 1.68. The van der Waals surface area contributed by atoms with Crippen LogP contribution in [0.1, 0.15) is 35.2 Å². The predicted octanol–water partition coefficient (Wildman–Crippen LogP) is 6.29. The van der Waals surface area contributed by atoms with Gasteiger partial charge in [0.05, 0.1) is 22.6 Å². The van der Waals surface area contributed by atoms with Gasteiger partial charge in [0.15, 0.2) is 17.1 Å². The first kappa shape index (κ1) is 23.2. The number of rotatable bonds is 4. The maximum absolute atomic E-state index is 14.2. The minimum atomic E-state index is -1.21. The molecule has 2 heterocycles. The van der Waals surface area contributed by atoms with Crippen molar-refractivity contribution in [3.63, 3.8) is 0 Å². The van der Waals surface area contributed by atoms with Crippen LogP contribution in [0.2, 0.25) is 0 Å². The molecule has 3 aromatic carbocycles. The van der Waals surface area contributed by atoms with Crippen molar-refractivity contribution in [1.82, 2.24) is 9.78 Å². The third-order valence-corrected chi connectivity index (χ3v) is 6.32. The Kier molecular flexibility index (Phi) is 5.56. The van der Waals surface area contributed by atoms with Crippen molar-refractivity contribution in [1.29, 1.82) is 5.26 Å². The summed E-state index contributed by atoms with van der Waals surface area (Å²) in [6, 6.07) is 12.8. The molecule has 8 heteroatoms. The highest BCUT2D eigenvalue weighted by Crippen LogP contribution is 2.34. The van der Waals surface area contributed by atoms with Gasteiger partial charge in [-0.1, -0.05) is 6.07 Å². The van der Waals surface area contributed by atoms with Crippen LogP contribution >= 0.6 is 0 Å². The van der Waals surface area contributed by atoms with Crippen LogP contribution in [0, 0.1) is 36.8 Å². The second kappa shape index (κ2) is 8.61. The molecule has 180 valence electrons.